The van der Waals surface area contributed by atoms with Gasteiger partial charge in [-0.05, 0) is 44.2 Å². The summed E-state index contributed by atoms with van der Waals surface area (Å²) in [6.45, 7) is 9.51. The van der Waals surface area contributed by atoms with Crippen molar-refractivity contribution in [3.63, 3.8) is 0 Å². The number of likely N-dealkylation sites (tertiary alicyclic amines) is 2. The maximum absolute atomic E-state index is 13.4. The third-order valence-electron chi connectivity index (χ3n) is 5.84. The number of carbonyl (C=O) groups is 2. The zero-order valence-corrected chi connectivity index (χ0v) is 16.0. The molecule has 2 saturated heterocycles. The third kappa shape index (κ3) is 4.12. The lowest BCUT2D eigenvalue weighted by molar-refractivity contribution is -0.146. The molecular formula is C22H29N3O2. The number of hydrogen-bond acceptors (Lipinski definition) is 3. The minimum Gasteiger partial charge on any atom is -0.336 e. The van der Waals surface area contributed by atoms with Crippen molar-refractivity contribution in [2.75, 3.05) is 13.1 Å². The molecule has 0 N–H and O–H groups in total. The van der Waals surface area contributed by atoms with Gasteiger partial charge in [-0.25, -0.2) is 0 Å². The van der Waals surface area contributed by atoms with Gasteiger partial charge in [-0.15, -0.1) is 13.2 Å². The molecule has 0 bridgehead atoms. The molecule has 0 spiro atoms. The molecule has 27 heavy (non-hydrogen) atoms. The Morgan fingerprint density at radius 2 is 2.07 bits per heavy atom. The van der Waals surface area contributed by atoms with Crippen LogP contribution in [0.15, 0.2) is 49.7 Å². The van der Waals surface area contributed by atoms with Gasteiger partial charge < -0.3 is 9.80 Å². The zero-order chi connectivity index (χ0) is 19.3. The Hall–Kier alpha value is -2.43. The first-order valence-corrected chi connectivity index (χ1v) is 9.80. The van der Waals surface area contributed by atoms with Crippen LogP contribution in [0.25, 0.3) is 0 Å². The average Bonchev–Trinajstić information content (AvgIpc) is 3.07. The summed E-state index contributed by atoms with van der Waals surface area (Å²) < 4.78 is 0. The van der Waals surface area contributed by atoms with E-state index in [9.17, 15) is 9.59 Å². The van der Waals surface area contributed by atoms with E-state index in [1.54, 1.807) is 11.1 Å². The monoisotopic (exact) mass is 367 g/mol. The fraction of sp³-hybridized carbons (Fsp3) is 0.500. The summed E-state index contributed by atoms with van der Waals surface area (Å²) in [5.41, 5.74) is 0.668. The van der Waals surface area contributed by atoms with Crippen LogP contribution in [0.3, 0.4) is 0 Å². The van der Waals surface area contributed by atoms with Crippen LogP contribution in [0, 0.1) is 5.92 Å². The Balaban J connectivity index is 1.73. The van der Waals surface area contributed by atoms with Crippen LogP contribution >= 0.6 is 0 Å². The summed E-state index contributed by atoms with van der Waals surface area (Å²) in [6.07, 6.45) is 10.2. The quantitative estimate of drug-likeness (QED) is 0.695. The molecule has 0 saturated carbocycles. The highest BCUT2D eigenvalue weighted by molar-refractivity contribution is 5.84. The molecule has 1 aromatic rings. The van der Waals surface area contributed by atoms with Crippen LogP contribution in [0.4, 0.5) is 0 Å². The largest absolute Gasteiger partial charge is 0.336 e. The Bertz CT molecular complexity index is 691. The van der Waals surface area contributed by atoms with E-state index >= 15 is 0 Å². The van der Waals surface area contributed by atoms with E-state index < -0.39 is 0 Å². The number of hydrogen-bond donors (Lipinski definition) is 0. The maximum Gasteiger partial charge on any atom is 0.227 e. The minimum absolute atomic E-state index is 0.106. The first kappa shape index (κ1) is 19.3. The predicted molar refractivity (Wildman–Crippen MR) is 106 cm³/mol. The molecule has 3 rings (SSSR count). The van der Waals surface area contributed by atoms with Gasteiger partial charge in [0.2, 0.25) is 11.8 Å². The lowest BCUT2D eigenvalue weighted by atomic mass is 9.86. The molecule has 0 unspecified atom stereocenters. The molecular weight excluding hydrogens is 338 g/mol. The van der Waals surface area contributed by atoms with Crippen LogP contribution < -0.4 is 0 Å². The van der Waals surface area contributed by atoms with Gasteiger partial charge >= 0.3 is 0 Å². The van der Waals surface area contributed by atoms with Crippen LogP contribution in [-0.4, -0.2) is 45.2 Å². The highest BCUT2D eigenvalue weighted by Crippen LogP contribution is 2.38. The topological polar surface area (TPSA) is 53.5 Å². The summed E-state index contributed by atoms with van der Waals surface area (Å²) >= 11 is 0. The molecule has 3 heterocycles. The number of pyridine rings is 1. The lowest BCUT2D eigenvalue weighted by Crippen LogP contribution is -2.52. The Morgan fingerprint density at radius 1 is 1.30 bits per heavy atom. The summed E-state index contributed by atoms with van der Waals surface area (Å²) in [7, 11) is 0. The second-order valence-electron chi connectivity index (χ2n) is 7.63. The van der Waals surface area contributed by atoms with Gasteiger partial charge in [0, 0.05) is 31.2 Å². The number of rotatable bonds is 7. The first-order chi connectivity index (χ1) is 13.1. The highest BCUT2D eigenvalue weighted by Gasteiger charge is 2.44. The van der Waals surface area contributed by atoms with Crippen molar-refractivity contribution in [3.8, 4) is 0 Å². The Morgan fingerprint density at radius 3 is 2.74 bits per heavy atom. The molecule has 2 aliphatic rings. The van der Waals surface area contributed by atoms with Crippen molar-refractivity contribution in [2.45, 2.75) is 50.6 Å². The van der Waals surface area contributed by atoms with Gasteiger partial charge in [0.25, 0.3) is 0 Å². The number of nitrogens with zero attached hydrogens (tertiary/aromatic N) is 3. The molecule has 0 radical (unpaired) electrons. The number of carbonyl (C=O) groups excluding carboxylic acids is 2. The van der Waals surface area contributed by atoms with Crippen molar-refractivity contribution in [3.05, 3.63) is 55.4 Å². The lowest BCUT2D eigenvalue weighted by Gasteiger charge is -2.41. The van der Waals surface area contributed by atoms with Crippen molar-refractivity contribution >= 4 is 11.8 Å². The molecule has 2 amide bonds. The molecule has 0 aromatic carbocycles. The zero-order valence-electron chi connectivity index (χ0n) is 16.0. The summed E-state index contributed by atoms with van der Waals surface area (Å²) in [5.74, 6) is 0.141. The molecule has 1 aromatic heterocycles. The van der Waals surface area contributed by atoms with Gasteiger partial charge in [0.1, 0.15) is 0 Å². The van der Waals surface area contributed by atoms with E-state index in [4.69, 9.17) is 0 Å². The smallest absolute Gasteiger partial charge is 0.227 e. The fourth-order valence-electron chi connectivity index (χ4n) is 4.50. The van der Waals surface area contributed by atoms with Gasteiger partial charge in [-0.2, -0.15) is 0 Å². The third-order valence-corrected chi connectivity index (χ3v) is 5.84. The summed E-state index contributed by atoms with van der Waals surface area (Å²) in [4.78, 5) is 33.9. The molecule has 5 nitrogen and oxygen atoms in total. The molecule has 2 fully saturated rings. The van der Waals surface area contributed by atoms with E-state index in [1.165, 1.54) is 0 Å². The Labute approximate surface area is 161 Å². The number of piperidine rings is 1. The van der Waals surface area contributed by atoms with Crippen LogP contribution in [0.2, 0.25) is 0 Å². The number of amides is 2. The van der Waals surface area contributed by atoms with Crippen molar-refractivity contribution in [2.24, 2.45) is 5.92 Å². The maximum atomic E-state index is 13.4. The second kappa shape index (κ2) is 8.51. The van der Waals surface area contributed by atoms with Crippen molar-refractivity contribution < 1.29 is 9.59 Å². The van der Waals surface area contributed by atoms with E-state index in [0.717, 1.165) is 37.9 Å². The Kier molecular flexibility index (Phi) is 6.09. The first-order valence-electron chi connectivity index (χ1n) is 9.80. The second-order valence-corrected chi connectivity index (χ2v) is 7.63. The predicted octanol–water partition coefficient (Wildman–Crippen LogP) is 3.33. The highest BCUT2D eigenvalue weighted by atomic mass is 16.2. The molecule has 5 heteroatoms. The van der Waals surface area contributed by atoms with Gasteiger partial charge in [-0.1, -0.05) is 18.2 Å². The van der Waals surface area contributed by atoms with Crippen LogP contribution in [0.1, 0.15) is 44.2 Å². The van der Waals surface area contributed by atoms with Crippen LogP contribution in [0.5, 0.6) is 0 Å². The summed E-state index contributed by atoms with van der Waals surface area (Å²) in [5, 5.41) is 0. The van der Waals surface area contributed by atoms with Crippen molar-refractivity contribution in [1.82, 2.24) is 14.8 Å². The molecule has 2 aliphatic heterocycles. The van der Waals surface area contributed by atoms with Crippen molar-refractivity contribution in [1.29, 1.82) is 0 Å². The standard InChI is InChI=1S/C22H29N3O2/c1-3-11-22(12-4-2)13-7-15-25(22)21(27)18-9-10-20(26)24(16-18)17-19-8-5-6-14-23-19/h3-6,8,14,18H,1-2,7,9-13,15-17H2/t18-/m0/s1. The molecule has 144 valence electrons. The minimum atomic E-state index is -0.187. The van der Waals surface area contributed by atoms with Gasteiger partial charge in [0.15, 0.2) is 0 Å². The van der Waals surface area contributed by atoms with Gasteiger partial charge in [-0.3, -0.25) is 14.6 Å². The SMILES string of the molecule is C=CCC1(CC=C)CCCN1C(=O)[C@H]1CCC(=O)N(Cc2ccccn2)C1. The average molecular weight is 367 g/mol. The number of aromatic nitrogens is 1. The van der Waals surface area contributed by atoms with Crippen LogP contribution in [-0.2, 0) is 16.1 Å². The van der Waals surface area contributed by atoms with E-state index in [1.807, 2.05) is 30.4 Å². The fourth-order valence-corrected chi connectivity index (χ4v) is 4.50. The van der Waals surface area contributed by atoms with E-state index in [2.05, 4.69) is 23.0 Å². The summed E-state index contributed by atoms with van der Waals surface area (Å²) in [6, 6.07) is 5.70. The molecule has 0 aliphatic carbocycles. The normalized spacial score (nSPS) is 21.9. The molecule has 1 atom stereocenters. The van der Waals surface area contributed by atoms with E-state index in [0.29, 0.717) is 25.9 Å². The van der Waals surface area contributed by atoms with Gasteiger partial charge in [0.05, 0.1) is 18.2 Å². The van der Waals surface area contributed by atoms with E-state index in [-0.39, 0.29) is 23.3 Å².